The van der Waals surface area contributed by atoms with Crippen LogP contribution in [0.5, 0.6) is 5.75 Å². The number of hydrogen-bond donors (Lipinski definition) is 2. The quantitative estimate of drug-likeness (QED) is 0.879. The van der Waals surface area contributed by atoms with Crippen LogP contribution in [-0.2, 0) is 0 Å². The number of aromatic carboxylic acids is 1. The number of carboxylic acids is 1. The largest absolute Gasteiger partial charge is 0.494 e. The third-order valence-electron chi connectivity index (χ3n) is 2.31. The first-order valence-electron chi connectivity index (χ1n) is 4.84. The molecule has 5 nitrogen and oxygen atoms in total. The second-order valence-electron chi connectivity index (χ2n) is 3.42. The molecule has 0 amide bonds. The number of aromatic amines is 1. The lowest BCUT2D eigenvalue weighted by Gasteiger charge is -2.05. The van der Waals surface area contributed by atoms with E-state index in [0.29, 0.717) is 0 Å². The van der Waals surface area contributed by atoms with Gasteiger partial charge in [-0.1, -0.05) is 0 Å². The Bertz CT molecular complexity index is 610. The molecular formula is C11H8F2N2O3. The van der Waals surface area contributed by atoms with E-state index < -0.39 is 17.6 Å². The molecular weight excluding hydrogens is 246 g/mol. The molecule has 0 bridgehead atoms. The molecule has 2 aromatic rings. The lowest BCUT2D eigenvalue weighted by Crippen LogP contribution is -1.98. The van der Waals surface area contributed by atoms with Gasteiger partial charge in [-0.25, -0.2) is 18.6 Å². The number of nitrogens with zero attached hydrogens (tertiary/aromatic N) is 1. The fourth-order valence-electron chi connectivity index (χ4n) is 1.46. The molecule has 94 valence electrons. The predicted octanol–water partition coefficient (Wildman–Crippen LogP) is 2.06. The SMILES string of the molecule is COc1cc(F)c(-c2cnc(C(=O)O)[nH]2)cc1F. The van der Waals surface area contributed by atoms with Gasteiger partial charge in [0.05, 0.1) is 19.0 Å². The number of carboxylic acid groups (broad SMARTS) is 1. The minimum atomic E-state index is -1.28. The Morgan fingerprint density at radius 2 is 2.11 bits per heavy atom. The van der Waals surface area contributed by atoms with Gasteiger partial charge in [0, 0.05) is 11.6 Å². The van der Waals surface area contributed by atoms with Gasteiger partial charge in [0.1, 0.15) is 5.82 Å². The molecule has 0 fully saturated rings. The molecule has 1 heterocycles. The number of halogens is 2. The Morgan fingerprint density at radius 1 is 1.39 bits per heavy atom. The molecule has 0 spiro atoms. The zero-order valence-electron chi connectivity index (χ0n) is 9.20. The fraction of sp³-hybridized carbons (Fsp3) is 0.0909. The predicted molar refractivity (Wildman–Crippen MR) is 57.5 cm³/mol. The number of carbonyl (C=O) groups is 1. The molecule has 0 aliphatic heterocycles. The summed E-state index contributed by atoms with van der Waals surface area (Å²) in [4.78, 5) is 16.5. The van der Waals surface area contributed by atoms with Crippen molar-refractivity contribution in [1.29, 1.82) is 0 Å². The molecule has 1 aromatic carbocycles. The third-order valence-corrected chi connectivity index (χ3v) is 2.31. The highest BCUT2D eigenvalue weighted by Gasteiger charge is 2.15. The first-order valence-corrected chi connectivity index (χ1v) is 4.84. The maximum absolute atomic E-state index is 13.7. The number of aromatic nitrogens is 2. The van der Waals surface area contributed by atoms with Crippen molar-refractivity contribution in [3.63, 3.8) is 0 Å². The molecule has 0 radical (unpaired) electrons. The standard InChI is InChI=1S/C11H8F2N2O3/c1-18-9-3-6(12)5(2-7(9)13)8-4-14-10(15-8)11(16)17/h2-4H,1H3,(H,14,15)(H,16,17). The zero-order chi connectivity index (χ0) is 13.3. The summed E-state index contributed by atoms with van der Waals surface area (Å²) >= 11 is 0. The van der Waals surface area contributed by atoms with Crippen LogP contribution in [0.3, 0.4) is 0 Å². The number of nitrogens with one attached hydrogen (secondary N) is 1. The summed E-state index contributed by atoms with van der Waals surface area (Å²) < 4.78 is 31.7. The van der Waals surface area contributed by atoms with Crippen molar-refractivity contribution in [3.8, 4) is 17.0 Å². The van der Waals surface area contributed by atoms with Gasteiger partial charge in [0.15, 0.2) is 11.6 Å². The topological polar surface area (TPSA) is 75.2 Å². The van der Waals surface area contributed by atoms with Gasteiger partial charge >= 0.3 is 5.97 Å². The minimum Gasteiger partial charge on any atom is -0.494 e. The van der Waals surface area contributed by atoms with E-state index >= 15 is 0 Å². The molecule has 2 N–H and O–H groups in total. The van der Waals surface area contributed by atoms with E-state index in [4.69, 9.17) is 5.11 Å². The molecule has 0 saturated carbocycles. The van der Waals surface area contributed by atoms with Crippen LogP contribution < -0.4 is 4.74 Å². The van der Waals surface area contributed by atoms with Crippen LogP contribution in [0.1, 0.15) is 10.6 Å². The van der Waals surface area contributed by atoms with E-state index in [1.165, 1.54) is 7.11 Å². The van der Waals surface area contributed by atoms with Crippen LogP contribution in [0.2, 0.25) is 0 Å². The maximum Gasteiger partial charge on any atom is 0.371 e. The second kappa shape index (κ2) is 4.44. The molecule has 0 aliphatic rings. The summed E-state index contributed by atoms with van der Waals surface area (Å²) in [7, 11) is 1.22. The summed E-state index contributed by atoms with van der Waals surface area (Å²) in [6, 6.07) is 1.79. The van der Waals surface area contributed by atoms with E-state index in [0.717, 1.165) is 18.3 Å². The third kappa shape index (κ3) is 2.02. The lowest BCUT2D eigenvalue weighted by atomic mass is 10.1. The van der Waals surface area contributed by atoms with Crippen LogP contribution in [0.15, 0.2) is 18.3 Å². The highest BCUT2D eigenvalue weighted by Crippen LogP contribution is 2.27. The van der Waals surface area contributed by atoms with Crippen LogP contribution in [0.4, 0.5) is 8.78 Å². The average Bonchev–Trinajstić information content (AvgIpc) is 2.81. The number of methoxy groups -OCH3 is 1. The van der Waals surface area contributed by atoms with E-state index in [-0.39, 0.29) is 22.8 Å². The summed E-state index contributed by atoms with van der Waals surface area (Å²) in [5, 5.41) is 8.67. The van der Waals surface area contributed by atoms with Gasteiger partial charge < -0.3 is 14.8 Å². The van der Waals surface area contributed by atoms with Crippen LogP contribution in [-0.4, -0.2) is 28.2 Å². The lowest BCUT2D eigenvalue weighted by molar-refractivity contribution is 0.0685. The fourth-order valence-corrected chi connectivity index (χ4v) is 1.46. The van der Waals surface area contributed by atoms with Gasteiger partial charge in [0.2, 0.25) is 5.82 Å². The van der Waals surface area contributed by atoms with Gasteiger partial charge in [-0.3, -0.25) is 0 Å². The minimum absolute atomic E-state index is 0.0754. The molecule has 18 heavy (non-hydrogen) atoms. The van der Waals surface area contributed by atoms with Gasteiger partial charge in [-0.15, -0.1) is 0 Å². The highest BCUT2D eigenvalue weighted by atomic mass is 19.1. The maximum atomic E-state index is 13.7. The van der Waals surface area contributed by atoms with Gasteiger partial charge in [-0.05, 0) is 6.07 Å². The van der Waals surface area contributed by atoms with Crippen molar-refractivity contribution in [2.45, 2.75) is 0 Å². The van der Waals surface area contributed by atoms with Crippen LogP contribution in [0, 0.1) is 11.6 Å². The number of rotatable bonds is 3. The molecule has 0 unspecified atom stereocenters. The first-order chi connectivity index (χ1) is 8.52. The average molecular weight is 254 g/mol. The van der Waals surface area contributed by atoms with Crippen LogP contribution >= 0.6 is 0 Å². The smallest absolute Gasteiger partial charge is 0.371 e. The molecule has 2 rings (SSSR count). The van der Waals surface area contributed by atoms with E-state index in [1.54, 1.807) is 0 Å². The normalized spacial score (nSPS) is 10.4. The molecule has 0 aliphatic carbocycles. The molecule has 0 atom stereocenters. The van der Waals surface area contributed by atoms with E-state index in [2.05, 4.69) is 14.7 Å². The number of ether oxygens (including phenoxy) is 1. The molecule has 0 saturated heterocycles. The Morgan fingerprint density at radius 3 is 2.67 bits per heavy atom. The van der Waals surface area contributed by atoms with Gasteiger partial charge in [0.25, 0.3) is 0 Å². The Balaban J connectivity index is 2.50. The zero-order valence-corrected chi connectivity index (χ0v) is 9.20. The Kier molecular flexibility index (Phi) is 2.97. The summed E-state index contributed by atoms with van der Waals surface area (Å²) in [5.74, 6) is -3.35. The highest BCUT2D eigenvalue weighted by molar-refractivity contribution is 5.84. The first kappa shape index (κ1) is 12.0. The summed E-state index contributed by atoms with van der Waals surface area (Å²) in [6.07, 6.45) is 1.12. The van der Waals surface area contributed by atoms with E-state index in [9.17, 15) is 13.6 Å². The van der Waals surface area contributed by atoms with E-state index in [1.807, 2.05) is 0 Å². The monoisotopic (exact) mass is 254 g/mol. The Labute approximate surface area is 100 Å². The van der Waals surface area contributed by atoms with Crippen molar-refractivity contribution in [2.24, 2.45) is 0 Å². The molecule has 7 heteroatoms. The number of imidazole rings is 1. The summed E-state index contributed by atoms with van der Waals surface area (Å²) in [6.45, 7) is 0. The van der Waals surface area contributed by atoms with Crippen molar-refractivity contribution in [2.75, 3.05) is 7.11 Å². The second-order valence-corrected chi connectivity index (χ2v) is 3.42. The number of benzene rings is 1. The van der Waals surface area contributed by atoms with Crippen molar-refractivity contribution < 1.29 is 23.4 Å². The number of hydrogen-bond acceptors (Lipinski definition) is 3. The Hall–Kier alpha value is -2.44. The van der Waals surface area contributed by atoms with Crippen molar-refractivity contribution >= 4 is 5.97 Å². The number of H-pyrrole nitrogens is 1. The van der Waals surface area contributed by atoms with Crippen molar-refractivity contribution in [3.05, 3.63) is 35.8 Å². The summed E-state index contributed by atoms with van der Waals surface area (Å²) in [5.41, 5.74) is -0.0419. The molecule has 1 aromatic heterocycles. The van der Waals surface area contributed by atoms with Crippen LogP contribution in [0.25, 0.3) is 11.3 Å². The van der Waals surface area contributed by atoms with Gasteiger partial charge in [-0.2, -0.15) is 0 Å². The van der Waals surface area contributed by atoms with Crippen molar-refractivity contribution in [1.82, 2.24) is 9.97 Å².